The van der Waals surface area contributed by atoms with Gasteiger partial charge < -0.3 is 0 Å². The van der Waals surface area contributed by atoms with Gasteiger partial charge in [0.25, 0.3) is 0 Å². The first-order valence-electron chi connectivity index (χ1n) is 7.61. The van der Waals surface area contributed by atoms with Crippen molar-refractivity contribution in [2.24, 2.45) is 5.41 Å². The van der Waals surface area contributed by atoms with E-state index in [1.807, 2.05) is 18.2 Å². The van der Waals surface area contributed by atoms with Crippen molar-refractivity contribution in [3.63, 3.8) is 0 Å². The fourth-order valence-electron chi connectivity index (χ4n) is 3.41. The van der Waals surface area contributed by atoms with Crippen molar-refractivity contribution in [3.05, 3.63) is 34.9 Å². The molecule has 2 unspecified atom stereocenters. The summed E-state index contributed by atoms with van der Waals surface area (Å²) < 4.78 is 0. The number of hydrogen-bond acceptors (Lipinski definition) is 2. The molecule has 1 aromatic carbocycles. The van der Waals surface area contributed by atoms with Crippen molar-refractivity contribution in [1.29, 1.82) is 0 Å². The third-order valence-corrected chi connectivity index (χ3v) is 4.80. The highest BCUT2D eigenvalue weighted by atomic mass is 35.5. The Morgan fingerprint density at radius 1 is 1.33 bits per heavy atom. The maximum Gasteiger partial charge on any atom is 0.234 e. The number of halogens is 1. The van der Waals surface area contributed by atoms with Crippen LogP contribution in [0, 0.1) is 5.41 Å². The Kier molecular flexibility index (Phi) is 5.04. The second kappa shape index (κ2) is 6.61. The van der Waals surface area contributed by atoms with E-state index < -0.39 is 0 Å². The van der Waals surface area contributed by atoms with Gasteiger partial charge in [-0.15, -0.1) is 0 Å². The molecule has 0 aromatic heterocycles. The number of carbonyl (C=O) groups is 2. The first-order chi connectivity index (χ1) is 10.0. The number of nitrogens with one attached hydrogen (secondary N) is 1. The number of imide groups is 1. The van der Waals surface area contributed by atoms with E-state index in [0.29, 0.717) is 11.4 Å². The number of hydrogen-bond donors (Lipinski definition) is 1. The van der Waals surface area contributed by atoms with Gasteiger partial charge in [-0.05, 0) is 36.0 Å². The van der Waals surface area contributed by atoms with Gasteiger partial charge in [-0.2, -0.15) is 0 Å². The number of rotatable bonds is 5. The van der Waals surface area contributed by atoms with Crippen LogP contribution in [-0.2, 0) is 9.59 Å². The summed E-state index contributed by atoms with van der Waals surface area (Å²) in [5.74, 6) is -0.645. The molecule has 1 aliphatic rings. The Hall–Kier alpha value is -1.35. The number of amides is 2. The highest BCUT2D eigenvalue weighted by Gasteiger charge is 2.47. The topological polar surface area (TPSA) is 46.2 Å². The molecule has 0 radical (unpaired) electrons. The Balaban J connectivity index is 2.45. The molecule has 1 heterocycles. The molecule has 3 nitrogen and oxygen atoms in total. The van der Waals surface area contributed by atoms with E-state index >= 15 is 0 Å². The summed E-state index contributed by atoms with van der Waals surface area (Å²) in [6.07, 6.45) is 4.18. The quantitative estimate of drug-likeness (QED) is 0.834. The fraction of sp³-hybridized carbons (Fsp3) is 0.529. The van der Waals surface area contributed by atoms with E-state index in [0.717, 1.165) is 31.2 Å². The summed E-state index contributed by atoms with van der Waals surface area (Å²) in [5, 5.41) is 3.11. The molecular formula is C17H22ClNO2. The van der Waals surface area contributed by atoms with Crippen LogP contribution in [0.2, 0.25) is 5.02 Å². The van der Waals surface area contributed by atoms with E-state index in [9.17, 15) is 9.59 Å². The van der Waals surface area contributed by atoms with Gasteiger partial charge in [-0.1, -0.05) is 50.4 Å². The lowest BCUT2D eigenvalue weighted by atomic mass is 9.63. The van der Waals surface area contributed by atoms with Crippen molar-refractivity contribution in [3.8, 4) is 0 Å². The van der Waals surface area contributed by atoms with E-state index in [2.05, 4.69) is 19.2 Å². The van der Waals surface area contributed by atoms with Gasteiger partial charge in [0, 0.05) is 11.4 Å². The minimum atomic E-state index is -0.301. The average Bonchev–Trinajstić information content (AvgIpc) is 2.44. The standard InChI is InChI=1S/C17H22ClNO2/c1-3-5-9-17(4-2)11-14(20)19-16(21)15(17)12-7-6-8-13(18)10-12/h6-8,10,15H,3-5,9,11H2,1-2H3,(H,19,20,21). The number of piperidine rings is 1. The minimum absolute atomic E-state index is 0.156. The molecule has 2 amide bonds. The van der Waals surface area contributed by atoms with Crippen LogP contribution in [0.25, 0.3) is 0 Å². The first kappa shape index (κ1) is 16.0. The van der Waals surface area contributed by atoms with Gasteiger partial charge in [-0.3, -0.25) is 14.9 Å². The molecule has 1 saturated heterocycles. The Morgan fingerprint density at radius 2 is 2.10 bits per heavy atom. The SMILES string of the molecule is CCCCC1(CC)CC(=O)NC(=O)C1c1cccc(Cl)c1. The molecule has 2 atom stereocenters. The van der Waals surface area contributed by atoms with Crippen molar-refractivity contribution in [2.75, 3.05) is 0 Å². The maximum atomic E-state index is 12.5. The zero-order valence-electron chi connectivity index (χ0n) is 12.6. The van der Waals surface area contributed by atoms with Crippen LogP contribution in [0.3, 0.4) is 0 Å². The van der Waals surface area contributed by atoms with Crippen LogP contribution in [0.4, 0.5) is 0 Å². The molecule has 2 rings (SSSR count). The molecule has 4 heteroatoms. The van der Waals surface area contributed by atoms with Gasteiger partial charge in [-0.25, -0.2) is 0 Å². The summed E-state index contributed by atoms with van der Waals surface area (Å²) >= 11 is 6.08. The van der Waals surface area contributed by atoms with Gasteiger partial charge in [0.2, 0.25) is 11.8 Å². The lowest BCUT2D eigenvalue weighted by molar-refractivity contribution is -0.140. The summed E-state index contributed by atoms with van der Waals surface area (Å²) in [7, 11) is 0. The molecule has 0 bridgehead atoms. The van der Waals surface area contributed by atoms with Gasteiger partial charge in [0.05, 0.1) is 5.92 Å². The normalized spacial score (nSPS) is 25.8. The summed E-state index contributed by atoms with van der Waals surface area (Å²) in [6.45, 7) is 4.20. The van der Waals surface area contributed by atoms with Gasteiger partial charge >= 0.3 is 0 Å². The van der Waals surface area contributed by atoms with E-state index in [4.69, 9.17) is 11.6 Å². The molecule has 1 fully saturated rings. The van der Waals surface area contributed by atoms with Crippen molar-refractivity contribution in [1.82, 2.24) is 5.32 Å². The zero-order valence-corrected chi connectivity index (χ0v) is 13.4. The maximum absolute atomic E-state index is 12.5. The molecular weight excluding hydrogens is 286 g/mol. The highest BCUT2D eigenvalue weighted by molar-refractivity contribution is 6.30. The summed E-state index contributed by atoms with van der Waals surface area (Å²) in [5.41, 5.74) is 0.616. The highest BCUT2D eigenvalue weighted by Crippen LogP contribution is 2.48. The molecule has 1 aliphatic heterocycles. The van der Waals surface area contributed by atoms with E-state index in [1.165, 1.54) is 0 Å². The third kappa shape index (κ3) is 3.29. The summed E-state index contributed by atoms with van der Waals surface area (Å²) in [4.78, 5) is 24.4. The van der Waals surface area contributed by atoms with Crippen LogP contribution in [0.15, 0.2) is 24.3 Å². The second-order valence-corrected chi connectivity index (χ2v) is 6.33. The molecule has 1 aromatic rings. The number of unbranched alkanes of at least 4 members (excludes halogenated alkanes) is 1. The van der Waals surface area contributed by atoms with Gasteiger partial charge in [0.1, 0.15) is 0 Å². The average molecular weight is 308 g/mol. The predicted molar refractivity (Wildman–Crippen MR) is 84.2 cm³/mol. The van der Waals surface area contributed by atoms with Crippen molar-refractivity contribution in [2.45, 2.75) is 51.9 Å². The van der Waals surface area contributed by atoms with Crippen LogP contribution in [0.5, 0.6) is 0 Å². The Bertz CT molecular complexity index is 543. The lowest BCUT2D eigenvalue weighted by Crippen LogP contribution is -2.50. The van der Waals surface area contributed by atoms with Crippen molar-refractivity contribution < 1.29 is 9.59 Å². The van der Waals surface area contributed by atoms with Crippen LogP contribution in [-0.4, -0.2) is 11.8 Å². The van der Waals surface area contributed by atoms with Crippen LogP contribution < -0.4 is 5.32 Å². The van der Waals surface area contributed by atoms with Gasteiger partial charge in [0.15, 0.2) is 0 Å². The predicted octanol–water partition coefficient (Wildman–Crippen LogP) is 4.06. The monoisotopic (exact) mass is 307 g/mol. The Labute approximate surface area is 131 Å². The van der Waals surface area contributed by atoms with E-state index in [-0.39, 0.29) is 23.1 Å². The number of carbonyl (C=O) groups excluding carboxylic acids is 2. The van der Waals surface area contributed by atoms with E-state index in [1.54, 1.807) is 6.07 Å². The molecule has 0 aliphatic carbocycles. The Morgan fingerprint density at radius 3 is 2.71 bits per heavy atom. The third-order valence-electron chi connectivity index (χ3n) is 4.56. The fourth-order valence-corrected chi connectivity index (χ4v) is 3.61. The van der Waals surface area contributed by atoms with Crippen molar-refractivity contribution >= 4 is 23.4 Å². The minimum Gasteiger partial charge on any atom is -0.296 e. The molecule has 1 N–H and O–H groups in total. The second-order valence-electron chi connectivity index (χ2n) is 5.90. The van der Waals surface area contributed by atoms with Crippen LogP contribution in [0.1, 0.15) is 57.4 Å². The molecule has 0 saturated carbocycles. The largest absolute Gasteiger partial charge is 0.296 e. The van der Waals surface area contributed by atoms with Crippen LogP contribution >= 0.6 is 11.6 Å². The smallest absolute Gasteiger partial charge is 0.234 e. The zero-order chi connectivity index (χ0) is 15.5. The molecule has 21 heavy (non-hydrogen) atoms. The molecule has 114 valence electrons. The summed E-state index contributed by atoms with van der Waals surface area (Å²) in [6, 6.07) is 7.44. The lowest BCUT2D eigenvalue weighted by Gasteiger charge is -2.42. The number of benzene rings is 1. The first-order valence-corrected chi connectivity index (χ1v) is 7.99. The molecule has 0 spiro atoms.